The first-order valence-corrected chi connectivity index (χ1v) is 8.64. The maximum atomic E-state index is 11.9. The van der Waals surface area contributed by atoms with Crippen LogP contribution in [0.25, 0.3) is 0 Å². The van der Waals surface area contributed by atoms with Gasteiger partial charge >= 0.3 is 0 Å². The number of hydrogen-bond donors (Lipinski definition) is 2. The summed E-state index contributed by atoms with van der Waals surface area (Å²) in [5, 5.41) is 6.60. The molecule has 0 aliphatic carbocycles. The predicted molar refractivity (Wildman–Crippen MR) is 103 cm³/mol. The molecule has 0 aliphatic rings. The van der Waals surface area contributed by atoms with Gasteiger partial charge in [0.2, 0.25) is 5.91 Å². The van der Waals surface area contributed by atoms with E-state index in [1.807, 2.05) is 19.1 Å². The van der Waals surface area contributed by atoms with E-state index < -0.39 is 5.91 Å². The van der Waals surface area contributed by atoms with Crippen LogP contribution in [0.5, 0.6) is 5.75 Å². The summed E-state index contributed by atoms with van der Waals surface area (Å²) in [7, 11) is 0. The van der Waals surface area contributed by atoms with E-state index in [0.29, 0.717) is 17.1 Å². The number of carbonyl (C=O) groups excluding carboxylic acids is 2. The average molecular weight is 419 g/mol. The van der Waals surface area contributed by atoms with E-state index in [1.54, 1.807) is 37.5 Å². The van der Waals surface area contributed by atoms with E-state index >= 15 is 0 Å². The fourth-order valence-electron chi connectivity index (χ4n) is 1.97. The molecule has 2 aromatic rings. The SMILES string of the molecule is CC(CC(=O)Nc1cccnc1)=NNC(=O)COc1ccc(C)cc1Br. The van der Waals surface area contributed by atoms with Crippen molar-refractivity contribution in [3.05, 3.63) is 52.8 Å². The standard InChI is InChI=1S/C18H19BrN4O3/c1-12-5-6-16(15(19)8-12)26-11-18(25)23-22-13(2)9-17(24)21-14-4-3-7-20-10-14/h3-8,10H,9,11H2,1-2H3,(H,21,24)(H,23,25). The van der Waals surface area contributed by atoms with Gasteiger partial charge in [0.25, 0.3) is 5.91 Å². The number of nitrogens with zero attached hydrogens (tertiary/aromatic N) is 2. The fourth-order valence-corrected chi connectivity index (χ4v) is 2.58. The molecular formula is C18H19BrN4O3. The molecule has 2 N–H and O–H groups in total. The second kappa shape index (κ2) is 9.67. The Kier molecular flexibility index (Phi) is 7.28. The van der Waals surface area contributed by atoms with Crippen molar-refractivity contribution >= 4 is 39.1 Å². The maximum absolute atomic E-state index is 11.9. The van der Waals surface area contributed by atoms with E-state index in [2.05, 4.69) is 36.8 Å². The minimum atomic E-state index is -0.413. The molecule has 0 aliphatic heterocycles. The van der Waals surface area contributed by atoms with E-state index in [-0.39, 0.29) is 18.9 Å². The van der Waals surface area contributed by atoms with Crippen LogP contribution in [0, 0.1) is 6.92 Å². The Morgan fingerprint density at radius 2 is 2.08 bits per heavy atom. The van der Waals surface area contributed by atoms with Crippen molar-refractivity contribution in [2.45, 2.75) is 20.3 Å². The van der Waals surface area contributed by atoms with Gasteiger partial charge in [-0.3, -0.25) is 14.6 Å². The van der Waals surface area contributed by atoms with Crippen LogP contribution in [0.1, 0.15) is 18.9 Å². The first-order valence-electron chi connectivity index (χ1n) is 7.85. The number of aromatic nitrogens is 1. The van der Waals surface area contributed by atoms with Crippen LogP contribution in [0.15, 0.2) is 52.3 Å². The topological polar surface area (TPSA) is 92.7 Å². The summed E-state index contributed by atoms with van der Waals surface area (Å²) in [5.74, 6) is -0.0832. The number of hydrogen-bond acceptors (Lipinski definition) is 5. The molecule has 2 amide bonds. The van der Waals surface area contributed by atoms with Gasteiger partial charge in [0.15, 0.2) is 6.61 Å². The highest BCUT2D eigenvalue weighted by molar-refractivity contribution is 9.10. The van der Waals surface area contributed by atoms with Crippen LogP contribution >= 0.6 is 15.9 Å². The van der Waals surface area contributed by atoms with Gasteiger partial charge in [0, 0.05) is 11.9 Å². The average Bonchev–Trinajstić information content (AvgIpc) is 2.60. The summed E-state index contributed by atoms with van der Waals surface area (Å²) in [4.78, 5) is 27.6. The Morgan fingerprint density at radius 1 is 1.27 bits per heavy atom. The van der Waals surface area contributed by atoms with E-state index in [0.717, 1.165) is 10.0 Å². The number of pyridine rings is 1. The van der Waals surface area contributed by atoms with Crippen LogP contribution in [0.3, 0.4) is 0 Å². The van der Waals surface area contributed by atoms with Crippen LogP contribution in [-0.4, -0.2) is 29.1 Å². The molecule has 1 aromatic carbocycles. The van der Waals surface area contributed by atoms with Crippen molar-refractivity contribution in [1.82, 2.24) is 10.4 Å². The van der Waals surface area contributed by atoms with Crippen LogP contribution in [0.2, 0.25) is 0 Å². The monoisotopic (exact) mass is 418 g/mol. The third kappa shape index (κ3) is 6.64. The lowest BCUT2D eigenvalue weighted by molar-refractivity contribution is -0.123. The van der Waals surface area contributed by atoms with Crippen molar-refractivity contribution in [2.75, 3.05) is 11.9 Å². The van der Waals surface area contributed by atoms with Gasteiger partial charge in [-0.05, 0) is 59.6 Å². The first-order chi connectivity index (χ1) is 12.4. The molecule has 0 saturated carbocycles. The molecule has 0 fully saturated rings. The fraction of sp³-hybridized carbons (Fsp3) is 0.222. The summed E-state index contributed by atoms with van der Waals surface area (Å²) in [6.07, 6.45) is 3.22. The molecule has 0 saturated heterocycles. The lowest BCUT2D eigenvalue weighted by Crippen LogP contribution is -2.26. The molecular weight excluding hydrogens is 400 g/mol. The number of halogens is 1. The summed E-state index contributed by atoms with van der Waals surface area (Å²) < 4.78 is 6.21. The van der Waals surface area contributed by atoms with E-state index in [9.17, 15) is 9.59 Å². The summed E-state index contributed by atoms with van der Waals surface area (Å²) in [6.45, 7) is 3.43. The molecule has 7 nitrogen and oxygen atoms in total. The highest BCUT2D eigenvalue weighted by Crippen LogP contribution is 2.25. The van der Waals surface area contributed by atoms with Crippen LogP contribution < -0.4 is 15.5 Å². The number of nitrogens with one attached hydrogen (secondary N) is 2. The van der Waals surface area contributed by atoms with Crippen molar-refractivity contribution in [2.24, 2.45) is 5.10 Å². The minimum absolute atomic E-state index is 0.0551. The van der Waals surface area contributed by atoms with Crippen LogP contribution in [-0.2, 0) is 9.59 Å². The highest BCUT2D eigenvalue weighted by Gasteiger charge is 2.07. The van der Waals surface area contributed by atoms with Gasteiger partial charge in [-0.15, -0.1) is 0 Å². The molecule has 1 aromatic heterocycles. The number of ether oxygens (including phenoxy) is 1. The smallest absolute Gasteiger partial charge is 0.277 e. The zero-order valence-electron chi connectivity index (χ0n) is 14.5. The lowest BCUT2D eigenvalue weighted by atomic mass is 10.2. The van der Waals surface area contributed by atoms with Crippen molar-refractivity contribution in [3.63, 3.8) is 0 Å². The maximum Gasteiger partial charge on any atom is 0.277 e. The number of carbonyl (C=O) groups is 2. The number of aryl methyl sites for hydroxylation is 1. The largest absolute Gasteiger partial charge is 0.483 e. The van der Waals surface area contributed by atoms with Crippen molar-refractivity contribution < 1.29 is 14.3 Å². The Hall–Kier alpha value is -2.74. The molecule has 1 heterocycles. The molecule has 26 heavy (non-hydrogen) atoms. The Bertz CT molecular complexity index is 809. The summed E-state index contributed by atoms with van der Waals surface area (Å²) >= 11 is 3.38. The number of rotatable bonds is 7. The van der Waals surface area contributed by atoms with Crippen molar-refractivity contribution in [1.29, 1.82) is 0 Å². The summed E-state index contributed by atoms with van der Waals surface area (Å²) in [6, 6.07) is 9.03. The molecule has 0 unspecified atom stereocenters. The highest BCUT2D eigenvalue weighted by atomic mass is 79.9. The number of anilines is 1. The van der Waals surface area contributed by atoms with Gasteiger partial charge in [-0.2, -0.15) is 5.10 Å². The first kappa shape index (κ1) is 19.6. The molecule has 136 valence electrons. The number of benzene rings is 1. The van der Waals surface area contributed by atoms with Crippen molar-refractivity contribution in [3.8, 4) is 5.75 Å². The van der Waals surface area contributed by atoms with Crippen LogP contribution in [0.4, 0.5) is 5.69 Å². The zero-order valence-corrected chi connectivity index (χ0v) is 16.0. The second-order valence-corrected chi connectivity index (χ2v) is 6.43. The number of hydrazone groups is 1. The number of amides is 2. The summed E-state index contributed by atoms with van der Waals surface area (Å²) in [5.41, 5.74) is 4.52. The molecule has 0 atom stereocenters. The second-order valence-electron chi connectivity index (χ2n) is 5.57. The molecule has 0 spiro atoms. The van der Waals surface area contributed by atoms with Gasteiger partial charge in [-0.1, -0.05) is 6.07 Å². The van der Waals surface area contributed by atoms with Gasteiger partial charge in [0.05, 0.1) is 22.8 Å². The van der Waals surface area contributed by atoms with Gasteiger partial charge in [0.1, 0.15) is 5.75 Å². The quantitative estimate of drug-likeness (QED) is 0.533. The third-order valence-corrected chi connectivity index (χ3v) is 3.80. The Morgan fingerprint density at radius 3 is 2.77 bits per heavy atom. The van der Waals surface area contributed by atoms with Gasteiger partial charge in [-0.25, -0.2) is 5.43 Å². The molecule has 2 rings (SSSR count). The Balaban J connectivity index is 1.76. The normalized spacial score (nSPS) is 11.0. The predicted octanol–water partition coefficient (Wildman–Crippen LogP) is 3.05. The molecule has 8 heteroatoms. The molecule has 0 radical (unpaired) electrons. The lowest BCUT2D eigenvalue weighted by Gasteiger charge is -2.08. The van der Waals surface area contributed by atoms with Gasteiger partial charge < -0.3 is 10.1 Å². The zero-order chi connectivity index (χ0) is 18.9. The molecule has 0 bridgehead atoms. The van der Waals surface area contributed by atoms with E-state index in [1.165, 1.54) is 0 Å². The van der Waals surface area contributed by atoms with E-state index in [4.69, 9.17) is 4.74 Å². The third-order valence-electron chi connectivity index (χ3n) is 3.18. The minimum Gasteiger partial charge on any atom is -0.483 e. The Labute approximate surface area is 160 Å².